The maximum atomic E-state index is 5.72. The number of hydrogen-bond acceptors (Lipinski definition) is 2. The van der Waals surface area contributed by atoms with E-state index in [-0.39, 0.29) is 17.7 Å². The smallest absolute Gasteiger partial charge is 0.112 e. The van der Waals surface area contributed by atoms with Crippen LogP contribution in [0.25, 0.3) is 0 Å². The highest BCUT2D eigenvalue weighted by Crippen LogP contribution is 2.45. The molecule has 0 aromatic rings. The molecule has 2 heterocycles. The molecule has 0 aromatic heterocycles. The van der Waals surface area contributed by atoms with Crippen LogP contribution in [0.2, 0.25) is 0 Å². The van der Waals surface area contributed by atoms with Gasteiger partial charge in [-0.2, -0.15) is 0 Å². The van der Waals surface area contributed by atoms with E-state index in [0.717, 1.165) is 13.0 Å². The molecule has 11 heavy (non-hydrogen) atoms. The van der Waals surface area contributed by atoms with Gasteiger partial charge < -0.3 is 9.47 Å². The monoisotopic (exact) mass is 152 g/mol. The van der Waals surface area contributed by atoms with Gasteiger partial charge in [-0.1, -0.05) is 13.8 Å². The van der Waals surface area contributed by atoms with Gasteiger partial charge in [0.15, 0.2) is 0 Å². The van der Waals surface area contributed by atoms with Gasteiger partial charge >= 0.3 is 0 Å². The maximum absolute atomic E-state index is 5.72. The Kier molecular flexibility index (Phi) is 1.55. The number of hydrogen-bond donors (Lipinski definition) is 0. The predicted octanol–water partition coefficient (Wildman–Crippen LogP) is 0.695. The molecule has 2 radical (unpaired) electrons. The molecule has 2 aliphatic rings. The Morgan fingerprint density at radius 2 is 2.36 bits per heavy atom. The zero-order valence-electron chi connectivity index (χ0n) is 7.04. The molecule has 2 fully saturated rings. The fourth-order valence-corrected chi connectivity index (χ4v) is 2.18. The Hall–Kier alpha value is -0.0151. The lowest BCUT2D eigenvalue weighted by Gasteiger charge is -2.29. The van der Waals surface area contributed by atoms with E-state index >= 15 is 0 Å². The molecule has 0 N–H and O–H groups in total. The molecule has 0 amide bonds. The van der Waals surface area contributed by atoms with Crippen molar-refractivity contribution >= 4 is 7.85 Å². The van der Waals surface area contributed by atoms with Crippen molar-refractivity contribution in [3.05, 3.63) is 0 Å². The minimum Gasteiger partial charge on any atom is -0.376 e. The van der Waals surface area contributed by atoms with Crippen LogP contribution in [0, 0.1) is 5.92 Å². The van der Waals surface area contributed by atoms with Crippen LogP contribution >= 0.6 is 0 Å². The molecule has 0 aliphatic carbocycles. The maximum Gasteiger partial charge on any atom is 0.112 e. The standard InChI is InChI=1S/C8H13BO2/c1-3-8-4-10-6(5(8)2)7(9)11-8/h5-7H,3-4H2,1-2H3/t5-,6-,7?,8?/m1/s1. The highest BCUT2D eigenvalue weighted by Gasteiger charge is 2.55. The van der Waals surface area contributed by atoms with Crippen LogP contribution in [0.15, 0.2) is 0 Å². The molecule has 2 bridgehead atoms. The molecule has 2 rings (SSSR count). The van der Waals surface area contributed by atoms with E-state index in [9.17, 15) is 0 Å². The van der Waals surface area contributed by atoms with E-state index in [1.165, 1.54) is 0 Å². The summed E-state index contributed by atoms with van der Waals surface area (Å²) in [7, 11) is 5.72. The molecular formula is C8H13BO2. The van der Waals surface area contributed by atoms with Crippen molar-refractivity contribution in [2.24, 2.45) is 5.92 Å². The van der Waals surface area contributed by atoms with Crippen LogP contribution < -0.4 is 0 Å². The van der Waals surface area contributed by atoms with Gasteiger partial charge in [0.25, 0.3) is 0 Å². The predicted molar refractivity (Wildman–Crippen MR) is 42.6 cm³/mol. The van der Waals surface area contributed by atoms with Crippen molar-refractivity contribution in [3.63, 3.8) is 0 Å². The fourth-order valence-electron chi connectivity index (χ4n) is 2.18. The lowest BCUT2D eigenvalue weighted by Crippen LogP contribution is -2.37. The average molecular weight is 152 g/mol. The summed E-state index contributed by atoms with van der Waals surface area (Å²) in [5.41, 5.74) is -0.0654. The van der Waals surface area contributed by atoms with Gasteiger partial charge in [0.1, 0.15) is 7.85 Å². The highest BCUT2D eigenvalue weighted by atomic mass is 16.6. The summed E-state index contributed by atoms with van der Waals surface area (Å²) in [6.07, 6.45) is 1.13. The van der Waals surface area contributed by atoms with Crippen molar-refractivity contribution in [2.75, 3.05) is 6.61 Å². The topological polar surface area (TPSA) is 18.5 Å². The van der Waals surface area contributed by atoms with Crippen LogP contribution in [-0.4, -0.2) is 32.2 Å². The van der Waals surface area contributed by atoms with E-state index in [1.54, 1.807) is 0 Å². The minimum absolute atomic E-state index is 0.0654. The van der Waals surface area contributed by atoms with Gasteiger partial charge in [-0.15, -0.1) is 0 Å². The van der Waals surface area contributed by atoms with Crippen LogP contribution in [-0.2, 0) is 9.47 Å². The first kappa shape index (κ1) is 7.62. The molecule has 2 aliphatic heterocycles. The van der Waals surface area contributed by atoms with Gasteiger partial charge in [-0.3, -0.25) is 0 Å². The Labute approximate surface area is 68.7 Å². The van der Waals surface area contributed by atoms with Crippen molar-refractivity contribution in [1.29, 1.82) is 0 Å². The van der Waals surface area contributed by atoms with E-state index in [0.29, 0.717) is 5.92 Å². The number of rotatable bonds is 1. The van der Waals surface area contributed by atoms with Gasteiger partial charge in [0, 0.05) is 11.9 Å². The van der Waals surface area contributed by atoms with Gasteiger partial charge in [0.2, 0.25) is 0 Å². The molecule has 0 aromatic carbocycles. The first-order chi connectivity index (χ1) is 5.19. The summed E-state index contributed by atoms with van der Waals surface area (Å²) in [5.74, 6) is 0.461. The van der Waals surface area contributed by atoms with E-state index in [2.05, 4.69) is 13.8 Å². The van der Waals surface area contributed by atoms with Crippen molar-refractivity contribution in [3.8, 4) is 0 Å². The van der Waals surface area contributed by atoms with Gasteiger partial charge in [0.05, 0.1) is 18.3 Å². The van der Waals surface area contributed by atoms with Crippen molar-refractivity contribution in [1.82, 2.24) is 0 Å². The molecule has 0 spiro atoms. The third-order valence-corrected chi connectivity index (χ3v) is 3.14. The minimum atomic E-state index is -0.196. The normalized spacial score (nSPS) is 55.3. The first-order valence-corrected chi connectivity index (χ1v) is 4.24. The Morgan fingerprint density at radius 1 is 1.64 bits per heavy atom. The van der Waals surface area contributed by atoms with Crippen molar-refractivity contribution < 1.29 is 9.47 Å². The fraction of sp³-hybridized carbons (Fsp3) is 1.00. The molecule has 2 unspecified atom stereocenters. The summed E-state index contributed by atoms with van der Waals surface area (Å²) in [5, 5.41) is 0. The summed E-state index contributed by atoms with van der Waals surface area (Å²) >= 11 is 0. The molecule has 4 atom stereocenters. The lowest BCUT2D eigenvalue weighted by atomic mass is 9.85. The van der Waals surface area contributed by atoms with Crippen LogP contribution in [0.4, 0.5) is 0 Å². The summed E-state index contributed by atoms with van der Waals surface area (Å²) in [4.78, 5) is 0. The third kappa shape index (κ3) is 0.813. The molecule has 0 saturated carbocycles. The van der Waals surface area contributed by atoms with Gasteiger partial charge in [-0.05, 0) is 6.42 Å². The SMILES string of the molecule is [B]C1OC2(CC)CO[C@@H]1[C@H]2C. The van der Waals surface area contributed by atoms with Crippen LogP contribution in [0.5, 0.6) is 0 Å². The third-order valence-electron chi connectivity index (χ3n) is 3.14. The quantitative estimate of drug-likeness (QED) is 0.514. The zero-order valence-corrected chi connectivity index (χ0v) is 7.04. The molecule has 2 nitrogen and oxygen atoms in total. The van der Waals surface area contributed by atoms with Crippen molar-refractivity contribution in [2.45, 2.75) is 38.0 Å². The van der Waals surface area contributed by atoms with E-state index in [4.69, 9.17) is 17.3 Å². The van der Waals surface area contributed by atoms with Crippen LogP contribution in [0.3, 0.4) is 0 Å². The second kappa shape index (κ2) is 2.24. The van der Waals surface area contributed by atoms with E-state index < -0.39 is 0 Å². The van der Waals surface area contributed by atoms with E-state index in [1.807, 2.05) is 0 Å². The summed E-state index contributed by atoms with van der Waals surface area (Å²) < 4.78 is 11.2. The second-order valence-corrected chi connectivity index (χ2v) is 3.57. The Bertz CT molecular complexity index is 173. The number of fused-ring (bicyclic) bond motifs is 2. The Morgan fingerprint density at radius 3 is 2.64 bits per heavy atom. The molecular weight excluding hydrogens is 139 g/mol. The second-order valence-electron chi connectivity index (χ2n) is 3.57. The summed E-state index contributed by atoms with van der Waals surface area (Å²) in [6, 6.07) is -0.196. The molecule has 60 valence electrons. The number of ether oxygens (including phenoxy) is 2. The highest BCUT2D eigenvalue weighted by molar-refractivity contribution is 6.11. The molecule has 3 heteroatoms. The largest absolute Gasteiger partial charge is 0.376 e. The average Bonchev–Trinajstić information content (AvgIpc) is 2.42. The van der Waals surface area contributed by atoms with Crippen LogP contribution in [0.1, 0.15) is 20.3 Å². The summed E-state index contributed by atoms with van der Waals surface area (Å²) in [6.45, 7) is 5.01. The molecule has 2 saturated heterocycles. The van der Waals surface area contributed by atoms with Gasteiger partial charge in [-0.25, -0.2) is 0 Å². The first-order valence-electron chi connectivity index (χ1n) is 4.24. The zero-order chi connectivity index (χ0) is 8.06. The lowest BCUT2D eigenvalue weighted by molar-refractivity contribution is -0.115. The Balaban J connectivity index is 2.24.